The number of nitrogen functional groups attached to an aromatic ring is 1. The van der Waals surface area contributed by atoms with E-state index in [9.17, 15) is 4.79 Å². The maximum absolute atomic E-state index is 12.0. The van der Waals surface area contributed by atoms with Gasteiger partial charge in [-0.05, 0) is 59.5 Å². The molecule has 0 fully saturated rings. The van der Waals surface area contributed by atoms with Gasteiger partial charge in [0, 0.05) is 12.1 Å². The van der Waals surface area contributed by atoms with E-state index in [4.69, 9.17) is 5.84 Å². The molecule has 1 heterocycles. The number of aryl methyl sites for hydroxylation is 1. The Kier molecular flexibility index (Phi) is 4.54. The second kappa shape index (κ2) is 6.36. The van der Waals surface area contributed by atoms with Gasteiger partial charge < -0.3 is 10.7 Å². The fraction of sp³-hybridized carbons (Fsp3) is 0.214. The zero-order valence-corrected chi connectivity index (χ0v) is 11.6. The minimum absolute atomic E-state index is 0.0538. The van der Waals surface area contributed by atoms with Crippen molar-refractivity contribution < 1.29 is 4.79 Å². The molecule has 1 aromatic carbocycles. The third-order valence-electron chi connectivity index (χ3n) is 2.92. The Morgan fingerprint density at radius 2 is 2.21 bits per heavy atom. The fourth-order valence-corrected chi connectivity index (χ4v) is 2.53. The number of hydrazine groups is 1. The number of anilines is 1. The molecule has 5 heteroatoms. The summed E-state index contributed by atoms with van der Waals surface area (Å²) in [6, 6.07) is 7.48. The Morgan fingerprint density at radius 1 is 1.37 bits per heavy atom. The summed E-state index contributed by atoms with van der Waals surface area (Å²) in [5.41, 5.74) is 6.28. The molecule has 0 bridgehead atoms. The van der Waals surface area contributed by atoms with Crippen molar-refractivity contribution >= 4 is 22.9 Å². The number of rotatable bonds is 5. The molecule has 0 spiro atoms. The molecule has 4 nitrogen and oxygen atoms in total. The van der Waals surface area contributed by atoms with Crippen molar-refractivity contribution in [3.63, 3.8) is 0 Å². The van der Waals surface area contributed by atoms with E-state index in [1.807, 2.05) is 24.4 Å². The summed E-state index contributed by atoms with van der Waals surface area (Å²) < 4.78 is 0. The lowest BCUT2D eigenvalue weighted by Crippen LogP contribution is -2.25. The first-order valence-electron chi connectivity index (χ1n) is 6.07. The van der Waals surface area contributed by atoms with Gasteiger partial charge in [-0.15, -0.1) is 0 Å². The van der Waals surface area contributed by atoms with Gasteiger partial charge in [-0.2, -0.15) is 11.3 Å². The zero-order chi connectivity index (χ0) is 13.7. The minimum atomic E-state index is -0.0538. The maximum atomic E-state index is 12.0. The average Bonchev–Trinajstić information content (AvgIpc) is 2.91. The number of thiophene rings is 1. The standard InChI is InChI=1S/C14H17N3OS/c1-10-8-12(2-3-13(10)17-15)14(18)16-6-4-11-5-7-19-9-11/h2-3,5,7-9,17H,4,6,15H2,1H3,(H,16,18). The van der Waals surface area contributed by atoms with Crippen LogP contribution in [0.1, 0.15) is 21.5 Å². The van der Waals surface area contributed by atoms with Gasteiger partial charge >= 0.3 is 0 Å². The minimum Gasteiger partial charge on any atom is -0.352 e. The molecule has 0 saturated heterocycles. The number of nitrogens with two attached hydrogens (primary N) is 1. The molecule has 100 valence electrons. The number of carbonyl (C=O) groups is 1. The Hall–Kier alpha value is -1.85. The molecule has 0 aliphatic rings. The topological polar surface area (TPSA) is 67.2 Å². The van der Waals surface area contributed by atoms with Gasteiger partial charge in [0.2, 0.25) is 0 Å². The molecular weight excluding hydrogens is 258 g/mol. The number of benzene rings is 1. The van der Waals surface area contributed by atoms with Crippen molar-refractivity contribution in [3.8, 4) is 0 Å². The van der Waals surface area contributed by atoms with Gasteiger partial charge in [-0.25, -0.2) is 0 Å². The first kappa shape index (κ1) is 13.6. The van der Waals surface area contributed by atoms with E-state index in [1.54, 1.807) is 17.4 Å². The Labute approximate surface area is 116 Å². The predicted molar refractivity (Wildman–Crippen MR) is 79.3 cm³/mol. The molecule has 4 N–H and O–H groups in total. The summed E-state index contributed by atoms with van der Waals surface area (Å²) in [4.78, 5) is 12.0. The summed E-state index contributed by atoms with van der Waals surface area (Å²) in [6.45, 7) is 2.56. The summed E-state index contributed by atoms with van der Waals surface area (Å²) in [6.07, 6.45) is 0.858. The van der Waals surface area contributed by atoms with Gasteiger partial charge in [0.25, 0.3) is 5.91 Å². The molecule has 2 aromatic rings. The first-order valence-corrected chi connectivity index (χ1v) is 7.01. The summed E-state index contributed by atoms with van der Waals surface area (Å²) in [5, 5.41) is 7.05. The quantitative estimate of drug-likeness (QED) is 0.579. The summed E-state index contributed by atoms with van der Waals surface area (Å²) >= 11 is 1.67. The molecule has 2 rings (SSSR count). The van der Waals surface area contributed by atoms with Crippen LogP contribution in [0.25, 0.3) is 0 Å². The number of nitrogens with one attached hydrogen (secondary N) is 2. The zero-order valence-electron chi connectivity index (χ0n) is 10.8. The van der Waals surface area contributed by atoms with Crippen molar-refractivity contribution in [2.75, 3.05) is 12.0 Å². The van der Waals surface area contributed by atoms with E-state index in [-0.39, 0.29) is 5.91 Å². The normalized spacial score (nSPS) is 10.2. The molecular formula is C14H17N3OS. The number of hydrogen-bond acceptors (Lipinski definition) is 4. The van der Waals surface area contributed by atoms with Gasteiger partial charge in [0.1, 0.15) is 0 Å². The second-order valence-corrected chi connectivity index (χ2v) is 5.09. The van der Waals surface area contributed by atoms with Crippen LogP contribution in [0.3, 0.4) is 0 Å². The smallest absolute Gasteiger partial charge is 0.251 e. The largest absolute Gasteiger partial charge is 0.352 e. The maximum Gasteiger partial charge on any atom is 0.251 e. The van der Waals surface area contributed by atoms with E-state index in [1.165, 1.54) is 5.56 Å². The van der Waals surface area contributed by atoms with Gasteiger partial charge in [-0.3, -0.25) is 10.6 Å². The Bertz CT molecular complexity index is 552. The average molecular weight is 275 g/mol. The van der Waals surface area contributed by atoms with Crippen LogP contribution in [-0.2, 0) is 6.42 Å². The number of amides is 1. The third kappa shape index (κ3) is 3.56. The first-order chi connectivity index (χ1) is 9.20. The molecule has 0 aliphatic carbocycles. The SMILES string of the molecule is Cc1cc(C(=O)NCCc2ccsc2)ccc1NN. The van der Waals surface area contributed by atoms with E-state index in [2.05, 4.69) is 22.2 Å². The monoisotopic (exact) mass is 275 g/mol. The predicted octanol–water partition coefficient (Wildman–Crippen LogP) is 2.31. The van der Waals surface area contributed by atoms with Crippen LogP contribution < -0.4 is 16.6 Å². The Balaban J connectivity index is 1.91. The lowest BCUT2D eigenvalue weighted by Gasteiger charge is -2.08. The van der Waals surface area contributed by atoms with E-state index in [0.717, 1.165) is 17.7 Å². The van der Waals surface area contributed by atoms with Crippen molar-refractivity contribution in [1.82, 2.24) is 5.32 Å². The van der Waals surface area contributed by atoms with Crippen LogP contribution in [-0.4, -0.2) is 12.5 Å². The van der Waals surface area contributed by atoms with Gasteiger partial charge in [-0.1, -0.05) is 0 Å². The van der Waals surface area contributed by atoms with Crippen LogP contribution in [0, 0.1) is 6.92 Å². The molecule has 1 aromatic heterocycles. The van der Waals surface area contributed by atoms with Crippen molar-refractivity contribution in [2.24, 2.45) is 5.84 Å². The van der Waals surface area contributed by atoms with Crippen LogP contribution in [0.5, 0.6) is 0 Å². The highest BCUT2D eigenvalue weighted by Crippen LogP contribution is 2.15. The van der Waals surface area contributed by atoms with E-state index in [0.29, 0.717) is 12.1 Å². The summed E-state index contributed by atoms with van der Waals surface area (Å²) in [7, 11) is 0. The highest BCUT2D eigenvalue weighted by molar-refractivity contribution is 7.07. The summed E-state index contributed by atoms with van der Waals surface area (Å²) in [5.74, 6) is 5.31. The molecule has 0 radical (unpaired) electrons. The van der Waals surface area contributed by atoms with E-state index >= 15 is 0 Å². The van der Waals surface area contributed by atoms with Crippen molar-refractivity contribution in [1.29, 1.82) is 0 Å². The molecule has 19 heavy (non-hydrogen) atoms. The molecule has 1 amide bonds. The molecule has 0 saturated carbocycles. The number of hydrogen-bond donors (Lipinski definition) is 3. The molecule has 0 aliphatic heterocycles. The lowest BCUT2D eigenvalue weighted by atomic mass is 10.1. The lowest BCUT2D eigenvalue weighted by molar-refractivity contribution is 0.0954. The van der Waals surface area contributed by atoms with Crippen molar-refractivity contribution in [3.05, 3.63) is 51.7 Å². The van der Waals surface area contributed by atoms with Crippen molar-refractivity contribution in [2.45, 2.75) is 13.3 Å². The van der Waals surface area contributed by atoms with Gasteiger partial charge in [0.15, 0.2) is 0 Å². The van der Waals surface area contributed by atoms with Crippen LogP contribution in [0.15, 0.2) is 35.0 Å². The van der Waals surface area contributed by atoms with Crippen LogP contribution in [0.2, 0.25) is 0 Å². The van der Waals surface area contributed by atoms with Gasteiger partial charge in [0.05, 0.1) is 5.69 Å². The third-order valence-corrected chi connectivity index (χ3v) is 3.66. The van der Waals surface area contributed by atoms with Crippen LogP contribution in [0.4, 0.5) is 5.69 Å². The molecule has 0 atom stereocenters. The Morgan fingerprint density at radius 3 is 2.84 bits per heavy atom. The second-order valence-electron chi connectivity index (χ2n) is 4.31. The van der Waals surface area contributed by atoms with E-state index < -0.39 is 0 Å². The fourth-order valence-electron chi connectivity index (χ4n) is 1.82. The number of carbonyl (C=O) groups excluding carboxylic acids is 1. The highest BCUT2D eigenvalue weighted by Gasteiger charge is 2.06. The molecule has 0 unspecified atom stereocenters. The van der Waals surface area contributed by atoms with Crippen LogP contribution >= 0.6 is 11.3 Å². The highest BCUT2D eigenvalue weighted by atomic mass is 32.1.